The lowest BCUT2D eigenvalue weighted by Crippen LogP contribution is -2.50. The second-order valence-corrected chi connectivity index (χ2v) is 4.53. The van der Waals surface area contributed by atoms with E-state index in [2.05, 4.69) is 15.1 Å². The van der Waals surface area contributed by atoms with Gasteiger partial charge in [-0.05, 0) is 18.6 Å². The largest absolute Gasteiger partial charge is 0.355 e. The van der Waals surface area contributed by atoms with Gasteiger partial charge in [-0.1, -0.05) is 0 Å². The van der Waals surface area contributed by atoms with Crippen molar-refractivity contribution in [1.29, 1.82) is 0 Å². The smallest absolute Gasteiger partial charge is 0.171 e. The molecule has 0 saturated carbocycles. The molecule has 92 valence electrons. The van der Waals surface area contributed by atoms with Crippen LogP contribution in [0.2, 0.25) is 0 Å². The molecule has 0 unspecified atom stereocenters. The van der Waals surface area contributed by atoms with Crippen LogP contribution in [0.1, 0.15) is 19.3 Å². The van der Waals surface area contributed by atoms with E-state index in [0.717, 1.165) is 51.4 Å². The summed E-state index contributed by atoms with van der Waals surface area (Å²) in [5.74, 6) is 0.620. The molecule has 5 heteroatoms. The van der Waals surface area contributed by atoms with E-state index in [1.165, 1.54) is 0 Å². The summed E-state index contributed by atoms with van der Waals surface area (Å²) in [4.78, 5) is 2.24. The van der Waals surface area contributed by atoms with Crippen LogP contribution >= 0.6 is 0 Å². The highest BCUT2D eigenvalue weighted by Gasteiger charge is 2.38. The van der Waals surface area contributed by atoms with Crippen LogP contribution in [-0.2, 0) is 9.47 Å². The zero-order valence-electron chi connectivity index (χ0n) is 9.84. The average molecular weight is 235 g/mol. The summed E-state index contributed by atoms with van der Waals surface area (Å²) in [6.45, 7) is 3.48. The third kappa shape index (κ3) is 2.25. The first-order chi connectivity index (χ1) is 8.38. The lowest BCUT2D eigenvalue weighted by Gasteiger charge is -2.43. The molecule has 0 atom stereocenters. The summed E-state index contributed by atoms with van der Waals surface area (Å²) in [5, 5.41) is 8.04. The Bertz CT molecular complexity index is 355. The van der Waals surface area contributed by atoms with E-state index >= 15 is 0 Å². The number of aromatic nitrogens is 2. The molecular weight excluding hydrogens is 218 g/mol. The lowest BCUT2D eigenvalue weighted by molar-refractivity contribution is -0.275. The molecule has 1 spiro atoms. The fraction of sp³-hybridized carbons (Fsp3) is 0.667. The molecule has 2 aliphatic heterocycles. The summed E-state index contributed by atoms with van der Waals surface area (Å²) in [6, 6.07) is 3.91. The second kappa shape index (κ2) is 4.58. The van der Waals surface area contributed by atoms with Crippen molar-refractivity contribution in [2.75, 3.05) is 31.2 Å². The van der Waals surface area contributed by atoms with Gasteiger partial charge in [0.2, 0.25) is 0 Å². The quantitative estimate of drug-likeness (QED) is 0.732. The van der Waals surface area contributed by atoms with E-state index in [0.29, 0.717) is 0 Å². The number of ether oxygens (including phenoxy) is 2. The van der Waals surface area contributed by atoms with E-state index in [-0.39, 0.29) is 5.79 Å². The Hall–Kier alpha value is -1.20. The minimum atomic E-state index is -0.322. The van der Waals surface area contributed by atoms with Crippen molar-refractivity contribution in [2.24, 2.45) is 0 Å². The van der Waals surface area contributed by atoms with Gasteiger partial charge in [-0.2, -0.15) is 5.10 Å². The van der Waals surface area contributed by atoms with E-state index in [4.69, 9.17) is 9.47 Å². The minimum absolute atomic E-state index is 0.322. The van der Waals surface area contributed by atoms with E-state index in [9.17, 15) is 0 Å². The van der Waals surface area contributed by atoms with Crippen LogP contribution in [0, 0.1) is 0 Å². The number of nitrogens with zero attached hydrogens (tertiary/aromatic N) is 3. The molecule has 2 fully saturated rings. The maximum Gasteiger partial charge on any atom is 0.171 e. The molecule has 1 aromatic rings. The highest BCUT2D eigenvalue weighted by Crippen LogP contribution is 2.31. The molecular formula is C12H17N3O2. The first-order valence-corrected chi connectivity index (χ1v) is 6.19. The molecule has 17 heavy (non-hydrogen) atoms. The molecule has 0 amide bonds. The van der Waals surface area contributed by atoms with Crippen LogP contribution < -0.4 is 4.90 Å². The van der Waals surface area contributed by atoms with E-state index in [1.54, 1.807) is 6.20 Å². The van der Waals surface area contributed by atoms with Crippen LogP contribution in [0.5, 0.6) is 0 Å². The Morgan fingerprint density at radius 3 is 2.59 bits per heavy atom. The van der Waals surface area contributed by atoms with Gasteiger partial charge in [0.05, 0.1) is 13.2 Å². The van der Waals surface area contributed by atoms with Gasteiger partial charge in [0.15, 0.2) is 11.6 Å². The molecule has 0 radical (unpaired) electrons. The molecule has 0 aromatic carbocycles. The van der Waals surface area contributed by atoms with Crippen LogP contribution in [0.15, 0.2) is 18.3 Å². The van der Waals surface area contributed by atoms with Crippen molar-refractivity contribution < 1.29 is 9.47 Å². The Balaban J connectivity index is 1.64. The number of anilines is 1. The maximum atomic E-state index is 5.81. The third-order valence-corrected chi connectivity index (χ3v) is 3.43. The van der Waals surface area contributed by atoms with Gasteiger partial charge >= 0.3 is 0 Å². The monoisotopic (exact) mass is 235 g/mol. The topological polar surface area (TPSA) is 47.5 Å². The lowest BCUT2D eigenvalue weighted by atomic mass is 10.0. The Kier molecular flexibility index (Phi) is 2.94. The molecule has 0 bridgehead atoms. The Morgan fingerprint density at radius 1 is 1.18 bits per heavy atom. The predicted octanol–water partition coefficient (Wildman–Crippen LogP) is 1.21. The minimum Gasteiger partial charge on any atom is -0.355 e. The maximum absolute atomic E-state index is 5.81. The van der Waals surface area contributed by atoms with Gasteiger partial charge in [-0.3, -0.25) is 0 Å². The number of hydrogen-bond acceptors (Lipinski definition) is 5. The molecule has 0 aliphatic carbocycles. The first-order valence-electron chi connectivity index (χ1n) is 6.19. The van der Waals surface area contributed by atoms with Crippen LogP contribution in [-0.4, -0.2) is 42.3 Å². The standard InChI is InChI=1S/C12H17N3O2/c1-3-11(14-13-6-1)15-7-4-12(5-8-15)16-9-2-10-17-12/h1,3,6H,2,4-5,7-10H2. The predicted molar refractivity (Wildman–Crippen MR) is 62.7 cm³/mol. The zero-order valence-corrected chi connectivity index (χ0v) is 9.84. The van der Waals surface area contributed by atoms with Crippen molar-refractivity contribution in [3.05, 3.63) is 18.3 Å². The van der Waals surface area contributed by atoms with Crippen molar-refractivity contribution >= 4 is 5.82 Å². The molecule has 3 heterocycles. The fourth-order valence-corrected chi connectivity index (χ4v) is 2.44. The number of piperidine rings is 1. The van der Waals surface area contributed by atoms with Crippen molar-refractivity contribution in [3.63, 3.8) is 0 Å². The first kappa shape index (κ1) is 10.9. The van der Waals surface area contributed by atoms with Gasteiger partial charge in [-0.25, -0.2) is 0 Å². The van der Waals surface area contributed by atoms with Crippen molar-refractivity contribution in [3.8, 4) is 0 Å². The van der Waals surface area contributed by atoms with Crippen LogP contribution in [0.4, 0.5) is 5.82 Å². The van der Waals surface area contributed by atoms with Crippen LogP contribution in [0.25, 0.3) is 0 Å². The Labute approximate surface area is 101 Å². The van der Waals surface area contributed by atoms with Crippen molar-refractivity contribution in [2.45, 2.75) is 25.0 Å². The van der Waals surface area contributed by atoms with Gasteiger partial charge in [-0.15, -0.1) is 5.10 Å². The molecule has 1 aromatic heterocycles. The van der Waals surface area contributed by atoms with Crippen LogP contribution in [0.3, 0.4) is 0 Å². The third-order valence-electron chi connectivity index (χ3n) is 3.43. The van der Waals surface area contributed by atoms with Gasteiger partial charge in [0, 0.05) is 32.1 Å². The SMILES string of the molecule is c1cnnc(N2CCC3(CC2)OCCCO3)c1. The zero-order chi connectivity index (χ0) is 11.6. The van der Waals surface area contributed by atoms with Gasteiger partial charge in [0.25, 0.3) is 0 Å². The average Bonchev–Trinajstić information content (AvgIpc) is 2.42. The molecule has 2 aliphatic rings. The van der Waals surface area contributed by atoms with Crippen molar-refractivity contribution in [1.82, 2.24) is 10.2 Å². The normalized spacial score (nSPS) is 23.9. The summed E-state index contributed by atoms with van der Waals surface area (Å²) < 4.78 is 11.6. The molecule has 2 saturated heterocycles. The molecule has 5 nitrogen and oxygen atoms in total. The summed E-state index contributed by atoms with van der Waals surface area (Å²) in [7, 11) is 0. The Morgan fingerprint density at radius 2 is 1.94 bits per heavy atom. The second-order valence-electron chi connectivity index (χ2n) is 4.53. The van der Waals surface area contributed by atoms with Gasteiger partial charge in [0.1, 0.15) is 0 Å². The molecule has 0 N–H and O–H groups in total. The number of rotatable bonds is 1. The summed E-state index contributed by atoms with van der Waals surface area (Å²) in [5.41, 5.74) is 0. The molecule has 3 rings (SSSR count). The highest BCUT2D eigenvalue weighted by molar-refractivity contribution is 5.36. The summed E-state index contributed by atoms with van der Waals surface area (Å²) >= 11 is 0. The fourth-order valence-electron chi connectivity index (χ4n) is 2.44. The van der Waals surface area contributed by atoms with E-state index < -0.39 is 0 Å². The van der Waals surface area contributed by atoms with E-state index in [1.807, 2.05) is 12.1 Å². The summed E-state index contributed by atoms with van der Waals surface area (Å²) in [6.07, 6.45) is 4.52. The van der Waals surface area contributed by atoms with Gasteiger partial charge < -0.3 is 14.4 Å². The highest BCUT2D eigenvalue weighted by atomic mass is 16.7. The number of hydrogen-bond donors (Lipinski definition) is 0.